The van der Waals surface area contributed by atoms with Crippen LogP contribution in [0.4, 0.5) is 13.2 Å². The Morgan fingerprint density at radius 2 is 1.32 bits per heavy atom. The van der Waals surface area contributed by atoms with Gasteiger partial charge in [-0.1, -0.05) is 73.0 Å². The number of carbonyl (C=O) groups excluding carboxylic acids is 12. The SMILES string of the molecule is CCC(CC)[C@H]1C(=O)N(C)[C@H](C(=O)N(C)C)CC(=O)N(C)[C@@H](COC)C(=O)N[C@@H]([C@@H](C)CC)C(=O)N(C)CC(=O)N(C)[C@H]2C/C=C\CCN(C2=O)[C@@H](CC2CCC(C(F)(F)F)CC2)C(=O)N(C)CC(=O)N[C@@H](CCC2CCC(Cl)C(Cl)C2)C(=O)N2CCOC[C@H]2C(=O)NC2(CC(C)(C)C2)C(=O)N1C. The van der Waals surface area contributed by atoms with E-state index in [2.05, 4.69) is 16.0 Å². The van der Waals surface area contributed by atoms with Crippen molar-refractivity contribution in [3.05, 3.63) is 12.2 Å². The predicted molar refractivity (Wildman–Crippen MR) is 380 cm³/mol. The Morgan fingerprint density at radius 3 is 1.90 bits per heavy atom. The largest absolute Gasteiger partial charge is 0.391 e. The number of alkyl halides is 5. The van der Waals surface area contributed by atoms with Gasteiger partial charge in [0.25, 0.3) is 0 Å². The highest BCUT2D eigenvalue weighted by Crippen LogP contribution is 2.50. The number of nitrogens with one attached hydrogen (secondary N) is 3. The lowest BCUT2D eigenvalue weighted by Crippen LogP contribution is -2.72. The topological polar surface area (TPSA) is 289 Å². The third-order valence-electron chi connectivity index (χ3n) is 22.5. The molecule has 3 aliphatic heterocycles. The standard InChI is InChI=1S/C72H115Cl2F3N12O14/c1-16-43(4)59-67(99)83(10)38-58(92)84(11)51-22-20-19-21-31-88(66(51)98)53(35-45-23-27-47(28-24-45)72(75,76)77)65(97)82(9)37-56(90)78-50(30-26-44-25-29-48(73)49(74)34-44)63(95)89-32-33-103-40-55(89)62(94)80-71(41-70(5,6)42-71)69(101)87(14)60(46(17-2)18-3)68(100)86(13)52(64(96)81(7)8)36-57(91)85(12)54(39-102-15)61(93)79-59/h19-20,43-55,59-60H,16-18,21-42H2,1-15H3,(H,78,90)(H,79,93)(H,80,94)/b20-19-/t43-,44?,45?,47?,48?,49?,50-,51-,52-,53-,54-,55-,59-,60-/m0/s1. The molecule has 3 N–H and O–H groups in total. The monoisotopic (exact) mass is 1500 g/mol. The van der Waals surface area contributed by atoms with Crippen molar-refractivity contribution in [2.45, 2.75) is 228 Å². The van der Waals surface area contributed by atoms with Crippen LogP contribution in [0.3, 0.4) is 0 Å². The number of likely N-dealkylation sites (N-methyl/N-ethyl adjacent to an activating group) is 7. The number of carbonyl (C=O) groups is 12. The maximum Gasteiger partial charge on any atom is 0.391 e. The van der Waals surface area contributed by atoms with Gasteiger partial charge in [0.05, 0.1) is 50.6 Å². The van der Waals surface area contributed by atoms with Crippen LogP contribution in [0.5, 0.6) is 0 Å². The van der Waals surface area contributed by atoms with Gasteiger partial charge in [0.1, 0.15) is 53.9 Å². The first-order valence-electron chi connectivity index (χ1n) is 36.6. The summed E-state index contributed by atoms with van der Waals surface area (Å²) in [6, 6.07) is -10.9. The number of hydrogen-bond donors (Lipinski definition) is 3. The summed E-state index contributed by atoms with van der Waals surface area (Å²) in [6.45, 7) is 8.79. The molecule has 3 heterocycles. The molecule has 103 heavy (non-hydrogen) atoms. The molecule has 31 heteroatoms. The lowest BCUT2D eigenvalue weighted by Gasteiger charge is -2.54. The lowest BCUT2D eigenvalue weighted by molar-refractivity contribution is -0.184. The third kappa shape index (κ3) is 21.3. The van der Waals surface area contributed by atoms with Gasteiger partial charge in [-0.15, -0.1) is 23.2 Å². The van der Waals surface area contributed by atoms with Crippen LogP contribution in [0.15, 0.2) is 12.2 Å². The first-order chi connectivity index (χ1) is 48.3. The van der Waals surface area contributed by atoms with Crippen molar-refractivity contribution in [1.29, 1.82) is 0 Å². The molecule has 0 aromatic rings. The van der Waals surface area contributed by atoms with E-state index >= 15 is 28.8 Å². The molecule has 12 atom stereocenters. The van der Waals surface area contributed by atoms with E-state index in [1.165, 1.54) is 83.1 Å². The fourth-order valence-corrected chi connectivity index (χ4v) is 16.6. The molecular formula is C72H115Cl2F3N12O14. The average molecular weight is 1500 g/mol. The number of morpholine rings is 1. The Kier molecular flexibility index (Phi) is 31.0. The molecule has 2 saturated heterocycles. The highest BCUT2D eigenvalue weighted by molar-refractivity contribution is 6.30. The normalized spacial score (nSPS) is 31.0. The van der Waals surface area contributed by atoms with E-state index in [0.717, 1.165) is 24.5 Å². The number of amides is 12. The molecule has 6 aliphatic rings. The minimum absolute atomic E-state index is 0.0134. The van der Waals surface area contributed by atoms with Gasteiger partial charge in [0.2, 0.25) is 70.9 Å². The smallest absolute Gasteiger partial charge is 0.382 e. The summed E-state index contributed by atoms with van der Waals surface area (Å²) in [7, 11) is 12.4. The predicted octanol–water partition coefficient (Wildman–Crippen LogP) is 4.80. The highest BCUT2D eigenvalue weighted by Gasteiger charge is 2.59. The van der Waals surface area contributed by atoms with Crippen molar-refractivity contribution in [2.24, 2.45) is 35.0 Å². The van der Waals surface area contributed by atoms with Crippen LogP contribution in [0, 0.1) is 35.0 Å². The van der Waals surface area contributed by atoms with E-state index in [9.17, 15) is 41.9 Å². The van der Waals surface area contributed by atoms with Gasteiger partial charge in [-0.25, -0.2) is 0 Å². The molecule has 0 radical (unpaired) electrons. The van der Waals surface area contributed by atoms with Crippen molar-refractivity contribution in [1.82, 2.24) is 60.0 Å². The molecule has 3 unspecified atom stereocenters. The van der Waals surface area contributed by atoms with Crippen molar-refractivity contribution in [2.75, 3.05) is 109 Å². The van der Waals surface area contributed by atoms with Gasteiger partial charge in [-0.3, -0.25) is 57.5 Å². The molecule has 0 aromatic heterocycles. The van der Waals surface area contributed by atoms with Crippen LogP contribution in [-0.4, -0.2) is 295 Å². The number of hydrogen-bond acceptors (Lipinski definition) is 14. The molecule has 3 aliphatic carbocycles. The van der Waals surface area contributed by atoms with E-state index in [4.69, 9.17) is 32.7 Å². The van der Waals surface area contributed by atoms with Crippen molar-refractivity contribution >= 4 is 94.1 Å². The Bertz CT molecular complexity index is 3050. The number of nitrogens with zero attached hydrogens (tertiary/aromatic N) is 9. The number of ether oxygens (including phenoxy) is 2. The second-order valence-electron chi connectivity index (χ2n) is 30.8. The molecule has 1 spiro atoms. The van der Waals surface area contributed by atoms with Crippen molar-refractivity contribution in [3.8, 4) is 0 Å². The van der Waals surface area contributed by atoms with Crippen LogP contribution in [-0.2, 0) is 67.0 Å². The molecule has 12 amide bonds. The summed E-state index contributed by atoms with van der Waals surface area (Å²) < 4.78 is 53.7. The van der Waals surface area contributed by atoms with Crippen LogP contribution >= 0.6 is 23.2 Å². The zero-order valence-electron chi connectivity index (χ0n) is 63.1. The molecule has 3 saturated carbocycles. The van der Waals surface area contributed by atoms with E-state index in [-0.39, 0.29) is 107 Å². The second-order valence-corrected chi connectivity index (χ2v) is 31.9. The van der Waals surface area contributed by atoms with Gasteiger partial charge < -0.3 is 69.5 Å². The van der Waals surface area contributed by atoms with Gasteiger partial charge in [0.15, 0.2) is 0 Å². The number of rotatable bonds is 13. The first kappa shape index (κ1) is 85.6. The fraction of sp³-hybridized carbons (Fsp3) is 0.806. The number of halogens is 5. The zero-order valence-corrected chi connectivity index (χ0v) is 64.6. The molecule has 2 bridgehead atoms. The lowest BCUT2D eigenvalue weighted by atomic mass is 9.58. The summed E-state index contributed by atoms with van der Waals surface area (Å²) in [5.74, 6) is -11.9. The zero-order chi connectivity index (χ0) is 76.9. The van der Waals surface area contributed by atoms with Gasteiger partial charge in [-0.2, -0.15) is 13.2 Å². The average Bonchev–Trinajstić information content (AvgIpc) is 0.731. The number of fused-ring (bicyclic) bond motifs is 3. The molecular weight excluding hydrogens is 1380 g/mol. The first-order valence-corrected chi connectivity index (χ1v) is 37.5. The van der Waals surface area contributed by atoms with E-state index in [1.807, 2.05) is 27.7 Å². The minimum Gasteiger partial charge on any atom is -0.382 e. The summed E-state index contributed by atoms with van der Waals surface area (Å²) in [5.41, 5.74) is -2.18. The Morgan fingerprint density at radius 1 is 0.689 bits per heavy atom. The molecule has 26 nitrogen and oxygen atoms in total. The molecule has 6 rings (SSSR count). The van der Waals surface area contributed by atoms with Crippen LogP contribution in [0.25, 0.3) is 0 Å². The molecule has 5 fully saturated rings. The molecule has 0 aromatic carbocycles. The minimum atomic E-state index is -4.45. The summed E-state index contributed by atoms with van der Waals surface area (Å²) >= 11 is 13.2. The van der Waals surface area contributed by atoms with E-state index in [0.29, 0.717) is 44.9 Å². The maximum absolute atomic E-state index is 15.6. The number of methoxy groups -OCH3 is 1. The third-order valence-corrected chi connectivity index (χ3v) is 23.7. The van der Waals surface area contributed by atoms with Crippen LogP contribution in [0.2, 0.25) is 0 Å². The second kappa shape index (κ2) is 37.3. The summed E-state index contributed by atoms with van der Waals surface area (Å²) in [5, 5.41) is 8.03. The Balaban J connectivity index is 1.47. The van der Waals surface area contributed by atoms with E-state index < -0.39 is 186 Å². The van der Waals surface area contributed by atoms with Gasteiger partial charge >= 0.3 is 6.18 Å². The quantitative estimate of drug-likeness (QED) is 0.165. The summed E-state index contributed by atoms with van der Waals surface area (Å²) in [4.78, 5) is 191. The van der Waals surface area contributed by atoms with E-state index in [1.54, 1.807) is 26.0 Å². The highest BCUT2D eigenvalue weighted by atomic mass is 35.5. The van der Waals surface area contributed by atoms with Crippen LogP contribution in [0.1, 0.15) is 157 Å². The van der Waals surface area contributed by atoms with Crippen LogP contribution < -0.4 is 16.0 Å². The summed E-state index contributed by atoms with van der Waals surface area (Å²) in [6.07, 6.45) is 1.65. The van der Waals surface area contributed by atoms with Gasteiger partial charge in [0, 0.05) is 82.0 Å². The van der Waals surface area contributed by atoms with Gasteiger partial charge in [-0.05, 0) is 119 Å². The Hall–Kier alpha value is -6.33. The van der Waals surface area contributed by atoms with Crippen molar-refractivity contribution < 1.29 is 80.2 Å². The molecule has 582 valence electrons. The fourth-order valence-electron chi connectivity index (χ4n) is 16.0. The maximum atomic E-state index is 15.6. The van der Waals surface area contributed by atoms with Crippen molar-refractivity contribution in [3.63, 3.8) is 0 Å². The Labute approximate surface area is 616 Å².